The third-order valence-electron chi connectivity index (χ3n) is 13.2. The standard InChI is InChI=1S/C63H107NO10/c1-4-7-10-13-16-19-22-25-27-28-29-31-32-35-38-41-44-47-50-56(67)62(71)64-54(55(66)49-46-43-40-37-34-24-21-18-15-12-9-6-3)53-72-63-61(60(70)59(69)57(52-65)73-63)74-58(68)51-48-45-42-39-36-33-30-26-23-20-17-14-11-8-5-2/h7,10,16,19-20,23,25,27,29,31,35,38,44,46-47,49,54-57,59-61,63,65-67,69-70H,4-6,8-9,11-15,17-18,21-22,24,26,28,30,32-34,36-37,39-43,45,48,50-53H2,1-3H3,(H,64,71)/b10-7-,19-16-,23-20-,27-25-,31-29-,38-35-,47-44-,49-46+. The molecule has 424 valence electrons. The van der Waals surface area contributed by atoms with Crippen molar-refractivity contribution in [3.63, 3.8) is 0 Å². The first-order chi connectivity index (χ1) is 36.2. The minimum absolute atomic E-state index is 0.0536. The van der Waals surface area contributed by atoms with Gasteiger partial charge in [-0.1, -0.05) is 227 Å². The Balaban J connectivity index is 2.78. The predicted octanol–water partition coefficient (Wildman–Crippen LogP) is 13.6. The van der Waals surface area contributed by atoms with Crippen LogP contribution in [-0.2, 0) is 23.8 Å². The largest absolute Gasteiger partial charge is 0.454 e. The molecule has 1 aliphatic heterocycles. The number of carbonyl (C=O) groups is 2. The molecule has 0 aromatic carbocycles. The number of ether oxygens (including phenoxy) is 3. The highest BCUT2D eigenvalue weighted by Gasteiger charge is 2.47. The molecule has 1 rings (SSSR count). The van der Waals surface area contributed by atoms with Crippen molar-refractivity contribution in [2.45, 2.75) is 275 Å². The van der Waals surface area contributed by atoms with Gasteiger partial charge in [0.2, 0.25) is 5.91 Å². The smallest absolute Gasteiger partial charge is 0.306 e. The van der Waals surface area contributed by atoms with Gasteiger partial charge in [0, 0.05) is 12.8 Å². The normalized spacial score (nSPS) is 20.0. The first-order valence-corrected chi connectivity index (χ1v) is 29.5. The predicted molar refractivity (Wildman–Crippen MR) is 305 cm³/mol. The fourth-order valence-electron chi connectivity index (χ4n) is 8.54. The van der Waals surface area contributed by atoms with E-state index in [1.54, 1.807) is 12.2 Å². The Morgan fingerprint density at radius 3 is 1.46 bits per heavy atom. The van der Waals surface area contributed by atoms with E-state index in [-0.39, 0.29) is 19.4 Å². The van der Waals surface area contributed by atoms with Crippen molar-refractivity contribution in [2.75, 3.05) is 13.2 Å². The summed E-state index contributed by atoms with van der Waals surface area (Å²) in [5, 5.41) is 56.7. The molecule has 1 aliphatic rings. The number of unbranched alkanes of at least 4 members (excludes halogenated alkanes) is 21. The average Bonchev–Trinajstić information content (AvgIpc) is 3.40. The Labute approximate surface area is 450 Å². The van der Waals surface area contributed by atoms with Crippen LogP contribution in [0, 0.1) is 0 Å². The molecule has 0 bridgehead atoms. The molecule has 0 radical (unpaired) electrons. The Kier molecular flexibility index (Phi) is 46.7. The molecular formula is C63H107NO10. The molecule has 8 atom stereocenters. The lowest BCUT2D eigenvalue weighted by Crippen LogP contribution is -2.61. The Bertz CT molecular complexity index is 1570. The second-order valence-corrected chi connectivity index (χ2v) is 20.0. The molecule has 1 heterocycles. The lowest BCUT2D eigenvalue weighted by atomic mass is 9.99. The molecule has 74 heavy (non-hydrogen) atoms. The van der Waals surface area contributed by atoms with Gasteiger partial charge in [-0.15, -0.1) is 0 Å². The van der Waals surface area contributed by atoms with Crippen LogP contribution in [0.2, 0.25) is 0 Å². The van der Waals surface area contributed by atoms with Crippen LogP contribution in [0.25, 0.3) is 0 Å². The van der Waals surface area contributed by atoms with E-state index in [0.29, 0.717) is 12.8 Å². The van der Waals surface area contributed by atoms with E-state index < -0.39 is 67.4 Å². The minimum Gasteiger partial charge on any atom is -0.454 e. The maximum atomic E-state index is 13.4. The number of aliphatic hydroxyl groups excluding tert-OH is 5. The molecule has 1 amide bonds. The summed E-state index contributed by atoms with van der Waals surface area (Å²) in [7, 11) is 0. The average molecular weight is 1040 g/mol. The summed E-state index contributed by atoms with van der Waals surface area (Å²) in [5.41, 5.74) is 0. The van der Waals surface area contributed by atoms with Gasteiger partial charge in [-0.05, 0) is 83.5 Å². The first kappa shape index (κ1) is 68.6. The zero-order valence-electron chi connectivity index (χ0n) is 46.7. The number of amides is 1. The van der Waals surface area contributed by atoms with Gasteiger partial charge in [-0.2, -0.15) is 0 Å². The van der Waals surface area contributed by atoms with Crippen molar-refractivity contribution in [3.05, 3.63) is 97.2 Å². The molecular weight excluding hydrogens is 931 g/mol. The summed E-state index contributed by atoms with van der Waals surface area (Å²) < 4.78 is 17.5. The molecule has 6 N–H and O–H groups in total. The van der Waals surface area contributed by atoms with E-state index in [4.69, 9.17) is 14.2 Å². The Hall–Kier alpha value is -3.42. The fraction of sp³-hybridized carbons (Fsp3) is 0.714. The number of rotatable bonds is 48. The highest BCUT2D eigenvalue weighted by atomic mass is 16.7. The van der Waals surface area contributed by atoms with E-state index in [2.05, 4.69) is 92.9 Å². The van der Waals surface area contributed by atoms with Crippen LogP contribution >= 0.6 is 0 Å². The molecule has 11 heteroatoms. The quantitative estimate of drug-likeness (QED) is 0.0195. The number of hydrogen-bond acceptors (Lipinski definition) is 10. The number of nitrogens with one attached hydrogen (secondary N) is 1. The monoisotopic (exact) mass is 1040 g/mol. The summed E-state index contributed by atoms with van der Waals surface area (Å²) in [5.74, 6) is -1.29. The van der Waals surface area contributed by atoms with E-state index in [0.717, 1.165) is 89.9 Å². The fourth-order valence-corrected chi connectivity index (χ4v) is 8.54. The Morgan fingerprint density at radius 2 is 0.973 bits per heavy atom. The number of allylic oxidation sites excluding steroid dienone is 14. The van der Waals surface area contributed by atoms with Gasteiger partial charge in [0.05, 0.1) is 25.4 Å². The summed E-state index contributed by atoms with van der Waals surface area (Å²) >= 11 is 0. The van der Waals surface area contributed by atoms with Crippen molar-refractivity contribution in [2.24, 2.45) is 0 Å². The second kappa shape index (κ2) is 50.4. The number of aliphatic hydroxyl groups is 5. The van der Waals surface area contributed by atoms with E-state index in [1.165, 1.54) is 89.9 Å². The van der Waals surface area contributed by atoms with Crippen LogP contribution in [0.15, 0.2) is 97.2 Å². The van der Waals surface area contributed by atoms with Crippen LogP contribution in [0.5, 0.6) is 0 Å². The van der Waals surface area contributed by atoms with Crippen molar-refractivity contribution < 1.29 is 49.3 Å². The van der Waals surface area contributed by atoms with Gasteiger partial charge in [-0.3, -0.25) is 9.59 Å². The molecule has 1 saturated heterocycles. The van der Waals surface area contributed by atoms with Crippen LogP contribution < -0.4 is 5.32 Å². The first-order valence-electron chi connectivity index (χ1n) is 29.5. The van der Waals surface area contributed by atoms with E-state index in [1.807, 2.05) is 18.2 Å². The molecule has 11 nitrogen and oxygen atoms in total. The molecule has 0 spiro atoms. The van der Waals surface area contributed by atoms with Gasteiger partial charge >= 0.3 is 5.97 Å². The van der Waals surface area contributed by atoms with Gasteiger partial charge in [0.15, 0.2) is 12.4 Å². The van der Waals surface area contributed by atoms with Crippen LogP contribution in [0.4, 0.5) is 0 Å². The summed E-state index contributed by atoms with van der Waals surface area (Å²) in [6.45, 7) is 5.59. The zero-order valence-corrected chi connectivity index (χ0v) is 46.7. The highest BCUT2D eigenvalue weighted by molar-refractivity contribution is 5.81. The minimum atomic E-state index is -1.63. The molecule has 0 aliphatic carbocycles. The van der Waals surface area contributed by atoms with Crippen molar-refractivity contribution >= 4 is 11.9 Å². The molecule has 0 aromatic rings. The number of hydrogen-bond donors (Lipinski definition) is 6. The van der Waals surface area contributed by atoms with Crippen molar-refractivity contribution in [1.82, 2.24) is 5.32 Å². The zero-order chi connectivity index (χ0) is 54.0. The summed E-state index contributed by atoms with van der Waals surface area (Å²) in [6.07, 6.45) is 56.1. The third kappa shape index (κ3) is 38.2. The van der Waals surface area contributed by atoms with E-state index in [9.17, 15) is 35.1 Å². The summed E-state index contributed by atoms with van der Waals surface area (Å²) in [6, 6.07) is -1.07. The molecule has 1 fully saturated rings. The summed E-state index contributed by atoms with van der Waals surface area (Å²) in [4.78, 5) is 26.4. The van der Waals surface area contributed by atoms with Gasteiger partial charge < -0.3 is 45.1 Å². The van der Waals surface area contributed by atoms with Gasteiger partial charge in [0.1, 0.15) is 24.4 Å². The lowest BCUT2D eigenvalue weighted by molar-refractivity contribution is -0.305. The maximum absolute atomic E-state index is 13.4. The van der Waals surface area contributed by atoms with Crippen LogP contribution in [0.3, 0.4) is 0 Å². The topological polar surface area (TPSA) is 175 Å². The number of esters is 1. The number of carbonyl (C=O) groups excluding carboxylic acids is 2. The van der Waals surface area contributed by atoms with E-state index >= 15 is 0 Å². The van der Waals surface area contributed by atoms with Crippen molar-refractivity contribution in [1.29, 1.82) is 0 Å². The SMILES string of the molecule is CC/C=C\C/C=C\C/C=C\C/C=C\C/C=C\C/C=C\CC(O)C(=O)NC(COC1OC(CO)C(O)C(O)C1OC(=O)CCCCCCCCC/C=C\CCCCCC)C(O)/C=C/CCCCCCCCCCCC. The molecule has 0 saturated carbocycles. The van der Waals surface area contributed by atoms with Gasteiger partial charge in [0.25, 0.3) is 0 Å². The van der Waals surface area contributed by atoms with Crippen molar-refractivity contribution in [3.8, 4) is 0 Å². The Morgan fingerprint density at radius 1 is 0.541 bits per heavy atom. The van der Waals surface area contributed by atoms with Gasteiger partial charge in [-0.25, -0.2) is 0 Å². The highest BCUT2D eigenvalue weighted by Crippen LogP contribution is 2.26. The molecule has 8 unspecified atom stereocenters. The lowest BCUT2D eigenvalue weighted by Gasteiger charge is -2.41. The third-order valence-corrected chi connectivity index (χ3v) is 13.2. The van der Waals surface area contributed by atoms with Crippen LogP contribution in [-0.4, -0.2) is 99.6 Å². The molecule has 0 aromatic heterocycles. The second-order valence-electron chi connectivity index (χ2n) is 20.0. The van der Waals surface area contributed by atoms with Crippen LogP contribution in [0.1, 0.15) is 226 Å². The maximum Gasteiger partial charge on any atom is 0.306 e.